The summed E-state index contributed by atoms with van der Waals surface area (Å²) in [5.74, 6) is 2.04. The van der Waals surface area contributed by atoms with E-state index < -0.39 is 0 Å². The molecule has 3 rings (SSSR count). The Hall–Kier alpha value is -1.59. The standard InChI is InChI=1S/C20H34N4O2/c1-15(2)24-19(21-22(3)20(24)26)17-10-7-13-23(14-17)18(25)12-11-16-8-5-4-6-9-16/h15-17H,4-14H2,1-3H3. The molecule has 0 aromatic carbocycles. The van der Waals surface area contributed by atoms with E-state index in [9.17, 15) is 9.59 Å². The van der Waals surface area contributed by atoms with Gasteiger partial charge in [0.15, 0.2) is 0 Å². The maximum Gasteiger partial charge on any atom is 0.345 e. The van der Waals surface area contributed by atoms with Crippen LogP contribution in [0.4, 0.5) is 0 Å². The number of amides is 1. The molecule has 1 aliphatic heterocycles. The summed E-state index contributed by atoms with van der Waals surface area (Å²) in [5, 5.41) is 4.50. The zero-order valence-electron chi connectivity index (χ0n) is 16.6. The number of hydrogen-bond acceptors (Lipinski definition) is 3. The fourth-order valence-electron chi connectivity index (χ4n) is 4.64. The second kappa shape index (κ2) is 8.40. The zero-order valence-corrected chi connectivity index (χ0v) is 16.6. The van der Waals surface area contributed by atoms with Crippen molar-refractivity contribution >= 4 is 5.91 Å². The quantitative estimate of drug-likeness (QED) is 0.808. The van der Waals surface area contributed by atoms with Gasteiger partial charge in [-0.1, -0.05) is 32.1 Å². The highest BCUT2D eigenvalue weighted by Gasteiger charge is 2.30. The molecule has 1 atom stereocenters. The van der Waals surface area contributed by atoms with Crippen LogP contribution in [-0.4, -0.2) is 38.2 Å². The predicted octanol–water partition coefficient (Wildman–Crippen LogP) is 3.23. The van der Waals surface area contributed by atoms with Crippen LogP contribution in [-0.2, 0) is 11.8 Å². The van der Waals surface area contributed by atoms with E-state index in [-0.39, 0.29) is 23.6 Å². The number of aryl methyl sites for hydroxylation is 1. The minimum absolute atomic E-state index is 0.0595. The van der Waals surface area contributed by atoms with Gasteiger partial charge in [-0.3, -0.25) is 9.36 Å². The molecule has 1 aromatic heterocycles. The van der Waals surface area contributed by atoms with Crippen molar-refractivity contribution in [1.82, 2.24) is 19.2 Å². The maximum atomic E-state index is 12.7. The van der Waals surface area contributed by atoms with Gasteiger partial charge in [0.2, 0.25) is 5.91 Å². The maximum absolute atomic E-state index is 12.7. The molecule has 26 heavy (non-hydrogen) atoms. The van der Waals surface area contributed by atoms with Gasteiger partial charge in [0, 0.05) is 38.5 Å². The highest BCUT2D eigenvalue weighted by Crippen LogP contribution is 2.29. The van der Waals surface area contributed by atoms with E-state index in [2.05, 4.69) is 5.10 Å². The molecule has 1 unspecified atom stereocenters. The van der Waals surface area contributed by atoms with E-state index in [0.717, 1.165) is 37.5 Å². The van der Waals surface area contributed by atoms with E-state index in [1.165, 1.54) is 36.8 Å². The fourth-order valence-corrected chi connectivity index (χ4v) is 4.64. The van der Waals surface area contributed by atoms with E-state index in [1.54, 1.807) is 11.6 Å². The second-order valence-corrected chi connectivity index (χ2v) is 8.45. The van der Waals surface area contributed by atoms with Crippen LogP contribution in [0.25, 0.3) is 0 Å². The molecule has 0 N–H and O–H groups in total. The van der Waals surface area contributed by atoms with Crippen molar-refractivity contribution in [1.29, 1.82) is 0 Å². The largest absolute Gasteiger partial charge is 0.345 e. The lowest BCUT2D eigenvalue weighted by molar-refractivity contribution is -0.132. The Kier molecular flexibility index (Phi) is 6.20. The summed E-state index contributed by atoms with van der Waals surface area (Å²) in [7, 11) is 1.71. The van der Waals surface area contributed by atoms with Gasteiger partial charge in [-0.2, -0.15) is 5.10 Å². The van der Waals surface area contributed by atoms with E-state index in [4.69, 9.17) is 0 Å². The normalized spacial score (nSPS) is 22.2. The Morgan fingerprint density at radius 3 is 2.58 bits per heavy atom. The van der Waals surface area contributed by atoms with Crippen molar-refractivity contribution in [3.05, 3.63) is 16.3 Å². The lowest BCUT2D eigenvalue weighted by Gasteiger charge is -2.33. The molecule has 0 radical (unpaired) electrons. The molecule has 0 spiro atoms. The first-order chi connectivity index (χ1) is 12.5. The number of carbonyl (C=O) groups excluding carboxylic acids is 1. The summed E-state index contributed by atoms with van der Waals surface area (Å²) in [6.45, 7) is 5.58. The van der Waals surface area contributed by atoms with E-state index in [0.29, 0.717) is 13.0 Å². The molecule has 1 saturated heterocycles. The van der Waals surface area contributed by atoms with Gasteiger partial charge in [0.25, 0.3) is 0 Å². The van der Waals surface area contributed by atoms with Gasteiger partial charge < -0.3 is 4.90 Å². The lowest BCUT2D eigenvalue weighted by Crippen LogP contribution is -2.40. The van der Waals surface area contributed by atoms with Crippen molar-refractivity contribution in [3.63, 3.8) is 0 Å². The number of hydrogen-bond donors (Lipinski definition) is 0. The highest BCUT2D eigenvalue weighted by molar-refractivity contribution is 5.76. The first-order valence-corrected chi connectivity index (χ1v) is 10.4. The molecule has 0 bridgehead atoms. The summed E-state index contributed by atoms with van der Waals surface area (Å²) in [5.41, 5.74) is -0.0595. The average Bonchev–Trinajstić information content (AvgIpc) is 2.96. The molecule has 2 fully saturated rings. The number of carbonyl (C=O) groups is 1. The number of aromatic nitrogens is 3. The predicted molar refractivity (Wildman–Crippen MR) is 102 cm³/mol. The van der Waals surface area contributed by atoms with Gasteiger partial charge in [-0.05, 0) is 39.0 Å². The van der Waals surface area contributed by atoms with Crippen LogP contribution in [0.3, 0.4) is 0 Å². The van der Waals surface area contributed by atoms with E-state index >= 15 is 0 Å². The molecule has 6 heteroatoms. The Morgan fingerprint density at radius 2 is 1.88 bits per heavy atom. The Morgan fingerprint density at radius 1 is 1.15 bits per heavy atom. The summed E-state index contributed by atoms with van der Waals surface area (Å²) in [6.07, 6.45) is 10.3. The molecule has 1 saturated carbocycles. The van der Waals surface area contributed by atoms with Crippen molar-refractivity contribution in [3.8, 4) is 0 Å². The number of likely N-dealkylation sites (tertiary alicyclic amines) is 1. The molecule has 1 aliphatic carbocycles. The van der Waals surface area contributed by atoms with E-state index in [1.807, 2.05) is 18.7 Å². The van der Waals surface area contributed by atoms with Crippen LogP contribution in [0.2, 0.25) is 0 Å². The average molecular weight is 363 g/mol. The van der Waals surface area contributed by atoms with Crippen LogP contribution in [0.5, 0.6) is 0 Å². The Bertz CT molecular complexity index is 670. The van der Waals surface area contributed by atoms with Gasteiger partial charge in [0.05, 0.1) is 0 Å². The smallest absolute Gasteiger partial charge is 0.342 e. The second-order valence-electron chi connectivity index (χ2n) is 8.45. The summed E-state index contributed by atoms with van der Waals surface area (Å²) >= 11 is 0. The van der Waals surface area contributed by atoms with Crippen LogP contribution in [0, 0.1) is 5.92 Å². The summed E-state index contributed by atoms with van der Waals surface area (Å²) in [4.78, 5) is 27.1. The molecule has 2 heterocycles. The lowest BCUT2D eigenvalue weighted by atomic mass is 9.86. The third-order valence-electron chi connectivity index (χ3n) is 6.13. The van der Waals surface area contributed by atoms with Gasteiger partial charge >= 0.3 is 5.69 Å². The third-order valence-corrected chi connectivity index (χ3v) is 6.13. The minimum Gasteiger partial charge on any atom is -0.342 e. The molecule has 146 valence electrons. The molecular weight excluding hydrogens is 328 g/mol. The summed E-state index contributed by atoms with van der Waals surface area (Å²) < 4.78 is 3.22. The van der Waals surface area contributed by atoms with Crippen molar-refractivity contribution < 1.29 is 4.79 Å². The number of nitrogens with zero attached hydrogens (tertiary/aromatic N) is 4. The third kappa shape index (κ3) is 4.21. The van der Waals surface area contributed by atoms with Crippen molar-refractivity contribution in [2.24, 2.45) is 13.0 Å². The van der Waals surface area contributed by atoms with Crippen molar-refractivity contribution in [2.45, 2.75) is 83.6 Å². The molecule has 6 nitrogen and oxygen atoms in total. The highest BCUT2D eigenvalue weighted by atomic mass is 16.2. The molecule has 1 amide bonds. The fraction of sp³-hybridized carbons (Fsp3) is 0.850. The zero-order chi connectivity index (χ0) is 18.7. The van der Waals surface area contributed by atoms with Gasteiger partial charge in [0.1, 0.15) is 5.82 Å². The Labute approximate surface area is 156 Å². The number of piperidine rings is 1. The van der Waals surface area contributed by atoms with Gasteiger partial charge in [-0.25, -0.2) is 9.48 Å². The first-order valence-electron chi connectivity index (χ1n) is 10.4. The monoisotopic (exact) mass is 362 g/mol. The number of rotatable bonds is 5. The van der Waals surface area contributed by atoms with Crippen LogP contribution in [0.1, 0.15) is 89.4 Å². The topological polar surface area (TPSA) is 60.1 Å². The SMILES string of the molecule is CC(C)n1c(C2CCCN(C(=O)CCC3CCCCC3)C2)nn(C)c1=O. The molecule has 1 aromatic rings. The van der Waals surface area contributed by atoms with Crippen LogP contribution < -0.4 is 5.69 Å². The molecule has 2 aliphatic rings. The van der Waals surface area contributed by atoms with Crippen LogP contribution in [0.15, 0.2) is 4.79 Å². The summed E-state index contributed by atoms with van der Waals surface area (Å²) in [6, 6.07) is 0.0866. The van der Waals surface area contributed by atoms with Crippen LogP contribution >= 0.6 is 0 Å². The Balaban J connectivity index is 1.63. The van der Waals surface area contributed by atoms with Gasteiger partial charge in [-0.15, -0.1) is 0 Å². The first kappa shape index (κ1) is 19.2. The van der Waals surface area contributed by atoms with Crippen molar-refractivity contribution in [2.75, 3.05) is 13.1 Å². The minimum atomic E-state index is -0.0595. The molecular formula is C20H34N4O2.